The molecule has 0 radical (unpaired) electrons. The number of carbonyl (C=O) groups excluding carboxylic acids is 2. The molecule has 0 aliphatic carbocycles. The van der Waals surface area contributed by atoms with Gasteiger partial charge in [0.2, 0.25) is 12.7 Å². The van der Waals surface area contributed by atoms with E-state index >= 15 is 0 Å². The minimum Gasteiger partial charge on any atom is -0.454 e. The van der Waals surface area contributed by atoms with Gasteiger partial charge < -0.3 is 25.0 Å². The number of halogens is 1. The molecule has 2 heterocycles. The summed E-state index contributed by atoms with van der Waals surface area (Å²) < 4.78 is 10.7. The molecule has 1 atom stereocenters. The number of rotatable bonds is 4. The van der Waals surface area contributed by atoms with Crippen molar-refractivity contribution in [1.82, 2.24) is 10.2 Å². The van der Waals surface area contributed by atoms with Crippen molar-refractivity contribution in [3.05, 3.63) is 53.1 Å². The van der Waals surface area contributed by atoms with E-state index in [2.05, 4.69) is 10.6 Å². The number of hydrogen-bond acceptors (Lipinski definition) is 4. The van der Waals surface area contributed by atoms with Crippen molar-refractivity contribution < 1.29 is 19.1 Å². The maximum absolute atomic E-state index is 12.6. The van der Waals surface area contributed by atoms with Crippen LogP contribution < -0.4 is 20.1 Å². The van der Waals surface area contributed by atoms with Crippen LogP contribution in [0.2, 0.25) is 5.02 Å². The van der Waals surface area contributed by atoms with Crippen LogP contribution in [0.25, 0.3) is 0 Å². The van der Waals surface area contributed by atoms with Crippen LogP contribution in [-0.4, -0.2) is 36.7 Å². The number of hydrogen-bond donors (Lipinski definition) is 2. The Kier molecular flexibility index (Phi) is 5.76. The highest BCUT2D eigenvalue weighted by Gasteiger charge is 2.28. The normalized spacial score (nSPS) is 17.7. The summed E-state index contributed by atoms with van der Waals surface area (Å²) in [6.45, 7) is 1.65. The Hall–Kier alpha value is -2.93. The molecule has 29 heavy (non-hydrogen) atoms. The molecule has 2 N–H and O–H groups in total. The predicted octanol–water partition coefficient (Wildman–Crippen LogP) is 3.63. The second kappa shape index (κ2) is 8.61. The highest BCUT2D eigenvalue weighted by Crippen LogP contribution is 2.32. The second-order valence-corrected chi connectivity index (χ2v) is 7.56. The molecular weight excluding hydrogens is 394 g/mol. The van der Waals surface area contributed by atoms with E-state index in [-0.39, 0.29) is 24.6 Å². The molecule has 152 valence electrons. The Labute approximate surface area is 173 Å². The predicted molar refractivity (Wildman–Crippen MR) is 109 cm³/mol. The average molecular weight is 416 g/mol. The van der Waals surface area contributed by atoms with Crippen molar-refractivity contribution in [2.24, 2.45) is 5.92 Å². The number of benzene rings is 2. The van der Waals surface area contributed by atoms with Gasteiger partial charge in [-0.05, 0) is 54.8 Å². The maximum Gasteiger partial charge on any atom is 0.321 e. The molecule has 1 unspecified atom stereocenters. The van der Waals surface area contributed by atoms with Crippen LogP contribution in [-0.2, 0) is 11.3 Å². The summed E-state index contributed by atoms with van der Waals surface area (Å²) in [4.78, 5) is 26.8. The van der Waals surface area contributed by atoms with Crippen LogP contribution >= 0.6 is 11.6 Å². The van der Waals surface area contributed by atoms with E-state index in [9.17, 15) is 9.59 Å². The Bertz CT molecular complexity index is 903. The summed E-state index contributed by atoms with van der Waals surface area (Å²) in [5.74, 6) is 1.13. The van der Waals surface area contributed by atoms with Gasteiger partial charge in [0, 0.05) is 30.3 Å². The number of likely N-dealkylation sites (tertiary alicyclic amines) is 1. The SMILES string of the molecule is O=C(NCc1ccc2c(c1)OCO2)C1CCCN(C(=O)Nc2ccc(Cl)cc2)C1. The molecule has 0 saturated carbocycles. The average Bonchev–Trinajstić information content (AvgIpc) is 3.21. The van der Waals surface area contributed by atoms with Crippen LogP contribution in [0.15, 0.2) is 42.5 Å². The summed E-state index contributed by atoms with van der Waals surface area (Å²) in [5, 5.41) is 6.43. The molecule has 8 heteroatoms. The van der Waals surface area contributed by atoms with Crippen molar-refractivity contribution in [2.75, 3.05) is 25.2 Å². The maximum atomic E-state index is 12.6. The van der Waals surface area contributed by atoms with Gasteiger partial charge in [-0.2, -0.15) is 0 Å². The van der Waals surface area contributed by atoms with Gasteiger partial charge in [-0.25, -0.2) is 4.79 Å². The van der Waals surface area contributed by atoms with Crippen LogP contribution in [0.4, 0.5) is 10.5 Å². The van der Waals surface area contributed by atoms with Gasteiger partial charge in [-0.1, -0.05) is 17.7 Å². The van der Waals surface area contributed by atoms with Gasteiger partial charge in [-0.15, -0.1) is 0 Å². The van der Waals surface area contributed by atoms with E-state index in [0.29, 0.717) is 36.1 Å². The number of ether oxygens (including phenoxy) is 2. The first kappa shape index (κ1) is 19.4. The quantitative estimate of drug-likeness (QED) is 0.799. The molecule has 2 aromatic carbocycles. The molecule has 7 nitrogen and oxygen atoms in total. The van der Waals surface area contributed by atoms with E-state index in [1.807, 2.05) is 18.2 Å². The fraction of sp³-hybridized carbons (Fsp3) is 0.333. The van der Waals surface area contributed by atoms with E-state index in [0.717, 1.165) is 24.2 Å². The van der Waals surface area contributed by atoms with Crippen molar-refractivity contribution in [2.45, 2.75) is 19.4 Å². The minimum atomic E-state index is -0.228. The second-order valence-electron chi connectivity index (χ2n) is 7.13. The van der Waals surface area contributed by atoms with E-state index in [4.69, 9.17) is 21.1 Å². The number of amides is 3. The molecular formula is C21H22ClN3O4. The summed E-state index contributed by atoms with van der Waals surface area (Å²) in [7, 11) is 0. The largest absolute Gasteiger partial charge is 0.454 e. The summed E-state index contributed by atoms with van der Waals surface area (Å²) in [5.41, 5.74) is 1.62. The molecule has 3 amide bonds. The summed E-state index contributed by atoms with van der Waals surface area (Å²) in [6.07, 6.45) is 1.55. The highest BCUT2D eigenvalue weighted by atomic mass is 35.5. The molecule has 1 saturated heterocycles. The monoisotopic (exact) mass is 415 g/mol. The van der Waals surface area contributed by atoms with Gasteiger partial charge >= 0.3 is 6.03 Å². The number of nitrogens with zero attached hydrogens (tertiary/aromatic N) is 1. The topological polar surface area (TPSA) is 79.9 Å². The fourth-order valence-electron chi connectivity index (χ4n) is 3.50. The Morgan fingerprint density at radius 3 is 2.72 bits per heavy atom. The zero-order chi connectivity index (χ0) is 20.2. The van der Waals surface area contributed by atoms with Crippen molar-refractivity contribution in [1.29, 1.82) is 0 Å². The van der Waals surface area contributed by atoms with E-state index < -0.39 is 0 Å². The number of piperidine rings is 1. The minimum absolute atomic E-state index is 0.0494. The van der Waals surface area contributed by atoms with Crippen molar-refractivity contribution in [3.8, 4) is 11.5 Å². The van der Waals surface area contributed by atoms with Gasteiger partial charge in [0.25, 0.3) is 0 Å². The number of urea groups is 1. The number of carbonyl (C=O) groups is 2. The number of anilines is 1. The van der Waals surface area contributed by atoms with E-state index in [1.165, 1.54) is 0 Å². The lowest BCUT2D eigenvalue weighted by atomic mass is 9.97. The third kappa shape index (κ3) is 4.74. The molecule has 4 rings (SSSR count). The van der Waals surface area contributed by atoms with Crippen molar-refractivity contribution in [3.63, 3.8) is 0 Å². The Balaban J connectivity index is 1.29. The Morgan fingerprint density at radius 1 is 1.10 bits per heavy atom. The lowest BCUT2D eigenvalue weighted by molar-refractivity contribution is -0.126. The summed E-state index contributed by atoms with van der Waals surface area (Å²) >= 11 is 5.87. The zero-order valence-electron chi connectivity index (χ0n) is 15.8. The van der Waals surface area contributed by atoms with E-state index in [1.54, 1.807) is 29.2 Å². The lowest BCUT2D eigenvalue weighted by Gasteiger charge is -2.32. The number of fused-ring (bicyclic) bond motifs is 1. The Morgan fingerprint density at radius 2 is 1.90 bits per heavy atom. The molecule has 2 aliphatic rings. The van der Waals surface area contributed by atoms with Gasteiger partial charge in [0.1, 0.15) is 0 Å². The first-order valence-corrected chi connectivity index (χ1v) is 9.94. The smallest absolute Gasteiger partial charge is 0.321 e. The first-order chi connectivity index (χ1) is 14.1. The van der Waals surface area contributed by atoms with Crippen LogP contribution in [0.1, 0.15) is 18.4 Å². The number of nitrogens with one attached hydrogen (secondary N) is 2. The molecule has 1 fully saturated rings. The third-order valence-corrected chi connectivity index (χ3v) is 5.33. The fourth-order valence-corrected chi connectivity index (χ4v) is 3.62. The first-order valence-electron chi connectivity index (χ1n) is 9.56. The molecule has 2 aliphatic heterocycles. The third-order valence-electron chi connectivity index (χ3n) is 5.08. The highest BCUT2D eigenvalue weighted by molar-refractivity contribution is 6.30. The van der Waals surface area contributed by atoms with Gasteiger partial charge in [-0.3, -0.25) is 4.79 Å². The molecule has 0 bridgehead atoms. The zero-order valence-corrected chi connectivity index (χ0v) is 16.6. The van der Waals surface area contributed by atoms with Crippen LogP contribution in [0.3, 0.4) is 0 Å². The van der Waals surface area contributed by atoms with Crippen LogP contribution in [0.5, 0.6) is 11.5 Å². The van der Waals surface area contributed by atoms with Crippen LogP contribution in [0, 0.1) is 5.92 Å². The van der Waals surface area contributed by atoms with Crippen molar-refractivity contribution >= 4 is 29.2 Å². The molecule has 0 aromatic heterocycles. The summed E-state index contributed by atoms with van der Waals surface area (Å²) in [6, 6.07) is 12.3. The lowest BCUT2D eigenvalue weighted by Crippen LogP contribution is -2.46. The molecule has 0 spiro atoms. The van der Waals surface area contributed by atoms with Gasteiger partial charge in [0.15, 0.2) is 11.5 Å². The molecule has 2 aromatic rings. The van der Waals surface area contributed by atoms with Gasteiger partial charge in [0.05, 0.1) is 5.92 Å². The standard InChI is InChI=1S/C21H22ClN3O4/c22-16-4-6-17(7-5-16)24-21(27)25-9-1-2-15(12-25)20(26)23-11-14-3-8-18-19(10-14)29-13-28-18/h3-8,10,15H,1-2,9,11-13H2,(H,23,26)(H,24,27).